The number of ether oxygens (including phenoxy) is 1. The smallest absolute Gasteiger partial charge is 0.319 e. The maximum Gasteiger partial charge on any atom is 0.319 e. The van der Waals surface area contributed by atoms with E-state index < -0.39 is 17.3 Å². The average molecular weight is 271 g/mol. The molecule has 0 radical (unpaired) electrons. The second-order valence-electron chi connectivity index (χ2n) is 6.17. The number of esters is 1. The summed E-state index contributed by atoms with van der Waals surface area (Å²) in [6.45, 7) is 8.84. The summed E-state index contributed by atoms with van der Waals surface area (Å²) in [7, 11) is 0. The van der Waals surface area contributed by atoms with Gasteiger partial charge in [-0.25, -0.2) is 0 Å². The van der Waals surface area contributed by atoms with Gasteiger partial charge in [-0.2, -0.15) is 0 Å². The van der Waals surface area contributed by atoms with Gasteiger partial charge >= 0.3 is 5.97 Å². The van der Waals surface area contributed by atoms with Gasteiger partial charge in [-0.15, -0.1) is 0 Å². The number of nitrogens with zero attached hydrogens (tertiary/aromatic N) is 1. The number of likely N-dealkylation sites (tertiary alicyclic amines) is 1. The zero-order valence-electron chi connectivity index (χ0n) is 12.3. The molecular weight excluding hydrogens is 246 g/mol. The second-order valence-corrected chi connectivity index (χ2v) is 6.17. The Hall–Kier alpha value is -1.10. The standard InChI is InChI=1S/C14H25NO4/c1-5-19-13(18)11(14(2,3)4)12(17)15-7-6-10(8-15)9-16/h10-11,16H,5-9H2,1-4H3. The quantitative estimate of drug-likeness (QED) is 0.613. The molecule has 0 aliphatic carbocycles. The van der Waals surface area contributed by atoms with Crippen molar-refractivity contribution < 1.29 is 19.4 Å². The van der Waals surface area contributed by atoms with Crippen molar-refractivity contribution in [1.82, 2.24) is 4.90 Å². The highest BCUT2D eigenvalue weighted by atomic mass is 16.5. The van der Waals surface area contributed by atoms with Crippen molar-refractivity contribution in [3.05, 3.63) is 0 Å². The minimum Gasteiger partial charge on any atom is -0.465 e. The molecule has 0 aromatic carbocycles. The third-order valence-corrected chi connectivity index (χ3v) is 3.49. The molecule has 5 nitrogen and oxygen atoms in total. The molecule has 1 saturated heterocycles. The molecule has 0 bridgehead atoms. The molecule has 19 heavy (non-hydrogen) atoms. The van der Waals surface area contributed by atoms with E-state index in [9.17, 15) is 9.59 Å². The first-order valence-electron chi connectivity index (χ1n) is 6.87. The molecule has 1 aliphatic rings. The molecule has 110 valence electrons. The zero-order chi connectivity index (χ0) is 14.6. The molecule has 5 heteroatoms. The lowest BCUT2D eigenvalue weighted by atomic mass is 9.80. The van der Waals surface area contributed by atoms with E-state index >= 15 is 0 Å². The molecule has 1 N–H and O–H groups in total. The van der Waals surface area contributed by atoms with Crippen molar-refractivity contribution in [2.75, 3.05) is 26.3 Å². The summed E-state index contributed by atoms with van der Waals surface area (Å²) < 4.78 is 5.03. The zero-order valence-corrected chi connectivity index (χ0v) is 12.3. The summed E-state index contributed by atoms with van der Waals surface area (Å²) in [6, 6.07) is 0. The van der Waals surface area contributed by atoms with Crippen molar-refractivity contribution in [3.8, 4) is 0 Å². The number of hydrogen-bond donors (Lipinski definition) is 1. The highest BCUT2D eigenvalue weighted by molar-refractivity contribution is 5.98. The fraction of sp³-hybridized carbons (Fsp3) is 0.857. The van der Waals surface area contributed by atoms with E-state index in [1.807, 2.05) is 20.8 Å². The van der Waals surface area contributed by atoms with Crippen LogP contribution >= 0.6 is 0 Å². The van der Waals surface area contributed by atoms with Crippen molar-refractivity contribution in [1.29, 1.82) is 0 Å². The molecule has 1 heterocycles. The van der Waals surface area contributed by atoms with Gasteiger partial charge in [0.15, 0.2) is 0 Å². The monoisotopic (exact) mass is 271 g/mol. The number of amides is 1. The molecule has 2 unspecified atom stereocenters. The molecule has 0 aromatic heterocycles. The van der Waals surface area contributed by atoms with E-state index in [2.05, 4.69) is 0 Å². The van der Waals surface area contributed by atoms with Gasteiger partial charge in [-0.05, 0) is 18.8 Å². The predicted octanol–water partition coefficient (Wildman–Crippen LogP) is 1.05. The Kier molecular flexibility index (Phi) is 5.35. The Morgan fingerprint density at radius 2 is 2.05 bits per heavy atom. The van der Waals surface area contributed by atoms with E-state index in [0.29, 0.717) is 13.1 Å². The highest BCUT2D eigenvalue weighted by Gasteiger charge is 2.42. The van der Waals surface area contributed by atoms with Crippen molar-refractivity contribution in [2.45, 2.75) is 34.1 Å². The first-order chi connectivity index (χ1) is 8.81. The topological polar surface area (TPSA) is 66.8 Å². The van der Waals surface area contributed by atoms with Crippen LogP contribution in [0.2, 0.25) is 0 Å². The summed E-state index contributed by atoms with van der Waals surface area (Å²) in [5.41, 5.74) is -0.472. The van der Waals surface area contributed by atoms with Crippen LogP contribution in [-0.2, 0) is 14.3 Å². The summed E-state index contributed by atoms with van der Waals surface area (Å²) in [6.07, 6.45) is 0.794. The minimum atomic E-state index is -0.773. The van der Waals surface area contributed by atoms with Crippen molar-refractivity contribution >= 4 is 11.9 Å². The molecular formula is C14H25NO4. The molecule has 0 aromatic rings. The molecule has 0 spiro atoms. The lowest BCUT2D eigenvalue weighted by Gasteiger charge is -2.31. The van der Waals surface area contributed by atoms with Crippen LogP contribution in [0.25, 0.3) is 0 Å². The first-order valence-corrected chi connectivity index (χ1v) is 6.87. The Balaban J connectivity index is 2.81. The second kappa shape index (κ2) is 6.37. The third-order valence-electron chi connectivity index (χ3n) is 3.49. The summed E-state index contributed by atoms with van der Waals surface area (Å²) in [5.74, 6) is -1.27. The van der Waals surface area contributed by atoms with E-state index in [1.165, 1.54) is 0 Å². The Morgan fingerprint density at radius 1 is 1.42 bits per heavy atom. The Morgan fingerprint density at radius 3 is 2.47 bits per heavy atom. The number of aliphatic hydroxyl groups excluding tert-OH is 1. The van der Waals surface area contributed by atoms with Crippen LogP contribution < -0.4 is 0 Å². The molecule has 0 saturated carbocycles. The number of carbonyl (C=O) groups excluding carboxylic acids is 2. The maximum absolute atomic E-state index is 12.5. The van der Waals surface area contributed by atoms with Gasteiger partial charge in [-0.3, -0.25) is 9.59 Å². The van der Waals surface area contributed by atoms with E-state index in [1.54, 1.807) is 11.8 Å². The molecule has 1 fully saturated rings. The van der Waals surface area contributed by atoms with Gasteiger partial charge in [0, 0.05) is 25.6 Å². The molecule has 1 rings (SSSR count). The van der Waals surface area contributed by atoms with Gasteiger partial charge in [0.1, 0.15) is 5.92 Å². The average Bonchev–Trinajstić information content (AvgIpc) is 2.75. The number of carbonyl (C=O) groups is 2. The van der Waals surface area contributed by atoms with Gasteiger partial charge in [0.25, 0.3) is 0 Å². The lowest BCUT2D eigenvalue weighted by Crippen LogP contribution is -2.45. The van der Waals surface area contributed by atoms with Crippen LogP contribution in [0.15, 0.2) is 0 Å². The van der Waals surface area contributed by atoms with Gasteiger partial charge in [0.05, 0.1) is 6.61 Å². The molecule has 1 amide bonds. The van der Waals surface area contributed by atoms with E-state index in [0.717, 1.165) is 6.42 Å². The normalized spacial score (nSPS) is 21.3. The number of hydrogen-bond acceptors (Lipinski definition) is 4. The Bertz CT molecular complexity index is 335. The van der Waals surface area contributed by atoms with Gasteiger partial charge < -0.3 is 14.7 Å². The lowest BCUT2D eigenvalue weighted by molar-refractivity contribution is -0.160. The van der Waals surface area contributed by atoms with Crippen LogP contribution in [-0.4, -0.2) is 48.2 Å². The van der Waals surface area contributed by atoms with Crippen LogP contribution in [0.5, 0.6) is 0 Å². The van der Waals surface area contributed by atoms with Crippen LogP contribution in [0.3, 0.4) is 0 Å². The van der Waals surface area contributed by atoms with Crippen LogP contribution in [0, 0.1) is 17.3 Å². The maximum atomic E-state index is 12.5. The van der Waals surface area contributed by atoms with E-state index in [4.69, 9.17) is 9.84 Å². The highest BCUT2D eigenvalue weighted by Crippen LogP contribution is 2.30. The summed E-state index contributed by atoms with van der Waals surface area (Å²) >= 11 is 0. The predicted molar refractivity (Wildman–Crippen MR) is 71.4 cm³/mol. The summed E-state index contributed by atoms with van der Waals surface area (Å²) in [5, 5.41) is 9.13. The number of rotatable bonds is 4. The third kappa shape index (κ3) is 3.93. The Labute approximate surface area is 114 Å². The largest absolute Gasteiger partial charge is 0.465 e. The van der Waals surface area contributed by atoms with Crippen LogP contribution in [0.1, 0.15) is 34.1 Å². The van der Waals surface area contributed by atoms with Crippen LogP contribution in [0.4, 0.5) is 0 Å². The fourth-order valence-electron chi connectivity index (χ4n) is 2.41. The molecule has 2 atom stereocenters. The SMILES string of the molecule is CCOC(=O)C(C(=O)N1CCC(CO)C1)C(C)(C)C. The summed E-state index contributed by atoms with van der Waals surface area (Å²) in [4.78, 5) is 26.2. The fourth-order valence-corrected chi connectivity index (χ4v) is 2.41. The minimum absolute atomic E-state index is 0.0867. The number of aliphatic hydroxyl groups is 1. The molecule has 1 aliphatic heterocycles. The first kappa shape index (κ1) is 16.0. The van der Waals surface area contributed by atoms with Crippen molar-refractivity contribution in [3.63, 3.8) is 0 Å². The van der Waals surface area contributed by atoms with Gasteiger partial charge in [-0.1, -0.05) is 20.8 Å². The van der Waals surface area contributed by atoms with Crippen molar-refractivity contribution in [2.24, 2.45) is 17.3 Å². The van der Waals surface area contributed by atoms with E-state index in [-0.39, 0.29) is 25.0 Å². The van der Waals surface area contributed by atoms with Gasteiger partial charge in [0.2, 0.25) is 5.91 Å².